The molecule has 182 valence electrons. The average Bonchev–Trinajstić information content (AvgIpc) is 3.61. The Morgan fingerprint density at radius 2 is 1.64 bits per heavy atom. The Morgan fingerprint density at radius 3 is 2.36 bits per heavy atom. The molecule has 0 bridgehead atoms. The van der Waals surface area contributed by atoms with Gasteiger partial charge in [-0.3, -0.25) is 4.79 Å². The highest BCUT2D eigenvalue weighted by atomic mass is 32.2. The zero-order chi connectivity index (χ0) is 24.9. The van der Waals surface area contributed by atoms with Crippen LogP contribution >= 0.6 is 0 Å². The van der Waals surface area contributed by atoms with Crippen molar-refractivity contribution in [2.24, 2.45) is 0 Å². The number of carbonyl (C=O) groups excluding carboxylic acids is 1. The lowest BCUT2D eigenvalue weighted by atomic mass is 9.74. The lowest BCUT2D eigenvalue weighted by Gasteiger charge is -2.33. The molecule has 0 saturated carbocycles. The summed E-state index contributed by atoms with van der Waals surface area (Å²) in [5.74, 6) is 0.364. The summed E-state index contributed by atoms with van der Waals surface area (Å²) in [6.45, 7) is 2.54. The van der Waals surface area contributed by atoms with Gasteiger partial charge in [0.15, 0.2) is 0 Å². The number of carbonyl (C=O) groups is 1. The third-order valence-corrected chi connectivity index (χ3v) is 9.29. The van der Waals surface area contributed by atoms with E-state index in [1.807, 2.05) is 61.5 Å². The summed E-state index contributed by atoms with van der Waals surface area (Å²) in [6, 6.07) is 27.1. The van der Waals surface area contributed by atoms with Crippen LogP contribution in [0.2, 0.25) is 0 Å². The van der Waals surface area contributed by atoms with E-state index in [4.69, 9.17) is 4.42 Å². The second kappa shape index (κ2) is 8.47. The highest BCUT2D eigenvalue weighted by Crippen LogP contribution is 2.58. The molecule has 36 heavy (non-hydrogen) atoms. The number of rotatable bonds is 5. The molecular formula is C29H26N2O4S. The van der Waals surface area contributed by atoms with Gasteiger partial charge in [0.05, 0.1) is 17.7 Å². The summed E-state index contributed by atoms with van der Waals surface area (Å²) >= 11 is 0. The van der Waals surface area contributed by atoms with E-state index in [-0.39, 0.29) is 17.3 Å². The van der Waals surface area contributed by atoms with Crippen LogP contribution in [0.4, 0.5) is 5.69 Å². The lowest BCUT2D eigenvalue weighted by Crippen LogP contribution is -2.45. The van der Waals surface area contributed by atoms with Gasteiger partial charge < -0.3 is 9.32 Å². The van der Waals surface area contributed by atoms with E-state index in [0.29, 0.717) is 18.7 Å². The van der Waals surface area contributed by atoms with Gasteiger partial charge in [-0.15, -0.1) is 0 Å². The minimum atomic E-state index is -3.89. The Kier molecular flexibility index (Phi) is 5.35. The van der Waals surface area contributed by atoms with Gasteiger partial charge in [-0.2, -0.15) is 4.31 Å². The zero-order valence-electron chi connectivity index (χ0n) is 19.9. The van der Waals surface area contributed by atoms with Crippen LogP contribution in [0.25, 0.3) is 0 Å². The standard InChI is InChI=1S/C29H26N2O4S/c1-21-13-15-23(16-14-21)36(33,34)31-18-17-29(27(31)26-12-7-19-35-26)24-10-5-6-11-25(24)30(28(29)32)20-22-8-3-2-4-9-22/h2-16,19,27H,17-18,20H2,1H3/t27-,29+/m1/s1. The predicted molar refractivity (Wildman–Crippen MR) is 137 cm³/mol. The number of hydrogen-bond donors (Lipinski definition) is 0. The van der Waals surface area contributed by atoms with E-state index >= 15 is 0 Å². The van der Waals surface area contributed by atoms with Crippen LogP contribution in [0.15, 0.2) is 107 Å². The largest absolute Gasteiger partial charge is 0.468 e. The Morgan fingerprint density at radius 1 is 0.917 bits per heavy atom. The minimum Gasteiger partial charge on any atom is -0.468 e. The predicted octanol–water partition coefficient (Wildman–Crippen LogP) is 5.21. The van der Waals surface area contributed by atoms with Crippen LogP contribution < -0.4 is 4.90 Å². The van der Waals surface area contributed by atoms with Crippen molar-refractivity contribution >= 4 is 21.6 Å². The van der Waals surface area contributed by atoms with Gasteiger partial charge in [-0.25, -0.2) is 8.42 Å². The molecule has 3 heterocycles. The topological polar surface area (TPSA) is 70.8 Å². The molecule has 6 nitrogen and oxygen atoms in total. The summed E-state index contributed by atoms with van der Waals surface area (Å²) in [4.78, 5) is 16.4. The van der Waals surface area contributed by atoms with Crippen LogP contribution in [0.5, 0.6) is 0 Å². The molecular weight excluding hydrogens is 472 g/mol. The summed E-state index contributed by atoms with van der Waals surface area (Å²) in [6.07, 6.45) is 1.90. The Labute approximate surface area is 210 Å². The molecule has 0 aliphatic carbocycles. The van der Waals surface area contributed by atoms with Crippen molar-refractivity contribution in [3.63, 3.8) is 0 Å². The van der Waals surface area contributed by atoms with E-state index in [1.165, 1.54) is 10.6 Å². The number of furan rings is 1. The highest BCUT2D eigenvalue weighted by Gasteiger charge is 2.63. The second-order valence-corrected chi connectivity index (χ2v) is 11.4. The van der Waals surface area contributed by atoms with E-state index < -0.39 is 21.5 Å². The first-order chi connectivity index (χ1) is 17.4. The molecule has 0 unspecified atom stereocenters. The maximum absolute atomic E-state index is 14.4. The van der Waals surface area contributed by atoms with Crippen molar-refractivity contribution < 1.29 is 17.6 Å². The number of hydrogen-bond acceptors (Lipinski definition) is 4. The first-order valence-corrected chi connectivity index (χ1v) is 13.4. The Hall–Kier alpha value is -3.68. The number of anilines is 1. The van der Waals surface area contributed by atoms with E-state index in [2.05, 4.69) is 0 Å². The molecule has 6 rings (SSSR count). The van der Waals surface area contributed by atoms with Crippen LogP contribution in [0.3, 0.4) is 0 Å². The average molecular weight is 499 g/mol. The lowest BCUT2D eigenvalue weighted by molar-refractivity contribution is -0.124. The van der Waals surface area contributed by atoms with E-state index in [9.17, 15) is 13.2 Å². The maximum Gasteiger partial charge on any atom is 0.243 e. The summed E-state index contributed by atoms with van der Waals surface area (Å²) in [5, 5.41) is 0. The van der Waals surface area contributed by atoms with Gasteiger partial charge in [0.2, 0.25) is 15.9 Å². The fraction of sp³-hybridized carbons (Fsp3) is 0.207. The van der Waals surface area contributed by atoms with Gasteiger partial charge in [-0.1, -0.05) is 66.2 Å². The van der Waals surface area contributed by atoms with Crippen molar-refractivity contribution in [1.29, 1.82) is 0 Å². The summed E-state index contributed by atoms with van der Waals surface area (Å²) in [5.41, 5.74) is 2.56. The van der Waals surface area contributed by atoms with Crippen molar-refractivity contribution in [2.45, 2.75) is 36.2 Å². The number of benzene rings is 3. The molecule has 0 N–H and O–H groups in total. The van der Waals surface area contributed by atoms with Gasteiger partial charge in [0, 0.05) is 12.2 Å². The smallest absolute Gasteiger partial charge is 0.243 e. The van der Waals surface area contributed by atoms with Crippen LogP contribution in [-0.4, -0.2) is 25.2 Å². The van der Waals surface area contributed by atoms with Crippen molar-refractivity contribution in [3.8, 4) is 0 Å². The van der Waals surface area contributed by atoms with Gasteiger partial charge in [-0.05, 0) is 54.8 Å². The molecule has 4 aromatic rings. The normalized spacial score (nSPS) is 21.9. The molecule has 1 saturated heterocycles. The quantitative estimate of drug-likeness (QED) is 0.379. The SMILES string of the molecule is Cc1ccc(S(=O)(=O)N2CC[C@@]3(C(=O)N(Cc4ccccc4)c4ccccc43)[C@H]2c2ccco2)cc1. The zero-order valence-corrected chi connectivity index (χ0v) is 20.7. The number of sulfonamides is 1. The third kappa shape index (κ3) is 3.34. The number of nitrogens with zero attached hydrogens (tertiary/aromatic N) is 2. The number of para-hydroxylation sites is 1. The van der Waals surface area contributed by atoms with Crippen LogP contribution in [0, 0.1) is 6.92 Å². The molecule has 1 aromatic heterocycles. The summed E-state index contributed by atoms with van der Waals surface area (Å²) < 4.78 is 35.2. The van der Waals surface area contributed by atoms with Gasteiger partial charge in [0.25, 0.3) is 0 Å². The Bertz CT molecular complexity index is 1520. The molecule has 2 aliphatic heterocycles. The second-order valence-electron chi connectivity index (χ2n) is 9.46. The molecule has 1 spiro atoms. The number of fused-ring (bicyclic) bond motifs is 2. The molecule has 7 heteroatoms. The number of aryl methyl sites for hydroxylation is 1. The van der Waals surface area contributed by atoms with Crippen molar-refractivity contribution in [2.75, 3.05) is 11.4 Å². The van der Waals surface area contributed by atoms with E-state index in [0.717, 1.165) is 22.4 Å². The highest BCUT2D eigenvalue weighted by molar-refractivity contribution is 7.89. The third-order valence-electron chi connectivity index (χ3n) is 7.41. The minimum absolute atomic E-state index is 0.101. The molecule has 3 aromatic carbocycles. The fourth-order valence-electron chi connectivity index (χ4n) is 5.71. The first kappa shape index (κ1) is 22.8. The Balaban J connectivity index is 1.50. The molecule has 1 amide bonds. The number of amides is 1. The first-order valence-electron chi connectivity index (χ1n) is 12.0. The van der Waals surface area contributed by atoms with Crippen molar-refractivity contribution in [3.05, 3.63) is 120 Å². The van der Waals surface area contributed by atoms with Gasteiger partial charge >= 0.3 is 0 Å². The van der Waals surface area contributed by atoms with Crippen LogP contribution in [-0.2, 0) is 26.8 Å². The van der Waals surface area contributed by atoms with Crippen LogP contribution in [0.1, 0.15) is 34.9 Å². The monoisotopic (exact) mass is 498 g/mol. The molecule has 1 fully saturated rings. The fourth-order valence-corrected chi connectivity index (χ4v) is 7.36. The molecule has 2 aliphatic rings. The van der Waals surface area contributed by atoms with Gasteiger partial charge in [0.1, 0.15) is 17.2 Å². The molecule has 2 atom stereocenters. The van der Waals surface area contributed by atoms with Crippen molar-refractivity contribution in [1.82, 2.24) is 4.31 Å². The summed E-state index contributed by atoms with van der Waals surface area (Å²) in [7, 11) is -3.89. The van der Waals surface area contributed by atoms with E-state index in [1.54, 1.807) is 41.3 Å². The molecule has 0 radical (unpaired) electrons. The maximum atomic E-state index is 14.4.